The Balaban J connectivity index is 4.55. The fourth-order valence-corrected chi connectivity index (χ4v) is 1.93. The molecular weight excluding hydrogens is 296 g/mol. The van der Waals surface area contributed by atoms with E-state index < -0.39 is 0 Å². The molecule has 0 aliphatic carbocycles. The molecule has 0 aliphatic heterocycles. The maximum absolute atomic E-state index is 11.9. The first-order valence-electron chi connectivity index (χ1n) is 7.48. The van der Waals surface area contributed by atoms with Crippen molar-refractivity contribution in [1.29, 1.82) is 0 Å². The Hall–Kier alpha value is -2.12. The van der Waals surface area contributed by atoms with E-state index in [2.05, 4.69) is 9.98 Å². The number of carbonyl (C=O) groups excluding carboxylic acids is 2. The van der Waals surface area contributed by atoms with Gasteiger partial charge in [-0.3, -0.25) is 9.59 Å². The molecule has 0 aromatic heterocycles. The number of amides is 2. The fraction of sp³-hybridized carbons (Fsp3) is 0.733. The van der Waals surface area contributed by atoms with E-state index in [1.807, 2.05) is 56.4 Å². The van der Waals surface area contributed by atoms with Gasteiger partial charge in [-0.05, 0) is 6.42 Å². The minimum atomic E-state index is -0.236. The third kappa shape index (κ3) is 8.18. The summed E-state index contributed by atoms with van der Waals surface area (Å²) < 4.78 is 0. The summed E-state index contributed by atoms with van der Waals surface area (Å²) in [5, 5.41) is 0. The predicted molar refractivity (Wildman–Crippen MR) is 93.5 cm³/mol. The second-order valence-electron chi connectivity index (χ2n) is 6.04. The molecule has 0 spiro atoms. The van der Waals surface area contributed by atoms with Crippen molar-refractivity contribution in [2.75, 3.05) is 56.4 Å². The molecule has 2 amide bonds. The van der Waals surface area contributed by atoms with Crippen LogP contribution in [0.4, 0.5) is 0 Å². The van der Waals surface area contributed by atoms with Gasteiger partial charge in [0.25, 0.3) is 0 Å². The van der Waals surface area contributed by atoms with Crippen LogP contribution in [-0.4, -0.2) is 99.7 Å². The molecule has 0 aromatic carbocycles. The molecule has 0 rings (SSSR count). The Morgan fingerprint density at radius 2 is 0.870 bits per heavy atom. The molecule has 0 heterocycles. The molecule has 8 nitrogen and oxygen atoms in total. The third-order valence-electron chi connectivity index (χ3n) is 2.83. The molecule has 0 saturated carbocycles. The van der Waals surface area contributed by atoms with Gasteiger partial charge in [-0.1, -0.05) is 0 Å². The molecule has 0 N–H and O–H groups in total. The first-order valence-corrected chi connectivity index (χ1v) is 7.48. The van der Waals surface area contributed by atoms with Gasteiger partial charge in [0.15, 0.2) is 0 Å². The van der Waals surface area contributed by atoms with Gasteiger partial charge < -0.3 is 19.6 Å². The normalized spacial score (nSPS) is 9.74. The average Bonchev–Trinajstić information content (AvgIpc) is 2.40. The van der Waals surface area contributed by atoms with Gasteiger partial charge in [-0.2, -0.15) is 9.98 Å². The van der Waals surface area contributed by atoms with Crippen LogP contribution in [0.25, 0.3) is 0 Å². The standard InChI is InChI=1S/C15H30N6O2/c1-18(2)14(19(3)4)16-12(22)10-9-11-13(23)17-15(20(5)6)21(7)8/h9-11H2,1-8H3. The first kappa shape index (κ1) is 20.9. The molecule has 0 atom stereocenters. The quantitative estimate of drug-likeness (QED) is 0.542. The summed E-state index contributed by atoms with van der Waals surface area (Å²) >= 11 is 0. The van der Waals surface area contributed by atoms with Gasteiger partial charge in [0.1, 0.15) is 0 Å². The van der Waals surface area contributed by atoms with Gasteiger partial charge in [-0.15, -0.1) is 0 Å². The fourth-order valence-electron chi connectivity index (χ4n) is 1.93. The lowest BCUT2D eigenvalue weighted by atomic mass is 10.2. The molecule has 0 aliphatic rings. The summed E-state index contributed by atoms with van der Waals surface area (Å²) in [5.74, 6) is 0.697. The zero-order valence-electron chi connectivity index (χ0n) is 15.6. The zero-order chi connectivity index (χ0) is 18.2. The summed E-state index contributed by atoms with van der Waals surface area (Å²) in [6, 6.07) is 0. The number of carbonyl (C=O) groups is 2. The van der Waals surface area contributed by atoms with Crippen LogP contribution in [0, 0.1) is 0 Å². The van der Waals surface area contributed by atoms with Crippen LogP contribution in [0.1, 0.15) is 19.3 Å². The zero-order valence-corrected chi connectivity index (χ0v) is 15.6. The summed E-state index contributed by atoms with van der Waals surface area (Å²) in [6.45, 7) is 0. The van der Waals surface area contributed by atoms with Crippen LogP contribution in [0.5, 0.6) is 0 Å². The van der Waals surface area contributed by atoms with Crippen molar-refractivity contribution in [2.45, 2.75) is 19.3 Å². The van der Waals surface area contributed by atoms with Crippen LogP contribution in [-0.2, 0) is 9.59 Å². The molecule has 132 valence electrons. The minimum Gasteiger partial charge on any atom is -0.349 e. The molecule has 23 heavy (non-hydrogen) atoms. The van der Waals surface area contributed by atoms with Gasteiger partial charge in [0, 0.05) is 69.2 Å². The van der Waals surface area contributed by atoms with E-state index in [9.17, 15) is 9.59 Å². The molecule has 0 unspecified atom stereocenters. The average molecular weight is 326 g/mol. The Bertz CT molecular complexity index is 405. The minimum absolute atomic E-state index is 0.228. The highest BCUT2D eigenvalue weighted by Crippen LogP contribution is 2.02. The number of aliphatic imine (C=N–C) groups is 2. The van der Waals surface area contributed by atoms with E-state index in [0.717, 1.165) is 0 Å². The number of nitrogens with zero attached hydrogens (tertiary/aromatic N) is 6. The second-order valence-corrected chi connectivity index (χ2v) is 6.04. The Morgan fingerprint density at radius 3 is 1.09 bits per heavy atom. The summed E-state index contributed by atoms with van der Waals surface area (Å²) in [6.07, 6.45) is 0.893. The molecule has 0 saturated heterocycles. The van der Waals surface area contributed by atoms with Crippen molar-refractivity contribution in [3.05, 3.63) is 0 Å². The van der Waals surface area contributed by atoms with Crippen molar-refractivity contribution in [3.8, 4) is 0 Å². The van der Waals surface area contributed by atoms with Crippen LogP contribution in [0.2, 0.25) is 0 Å². The SMILES string of the molecule is CN(C)C(=NC(=O)CCCC(=O)N=C(N(C)C)N(C)C)N(C)C. The van der Waals surface area contributed by atoms with Crippen LogP contribution in [0.15, 0.2) is 9.98 Å². The van der Waals surface area contributed by atoms with Crippen molar-refractivity contribution < 1.29 is 9.59 Å². The van der Waals surface area contributed by atoms with Gasteiger partial charge >= 0.3 is 0 Å². The molecule has 0 radical (unpaired) electrons. The highest BCUT2D eigenvalue weighted by molar-refractivity contribution is 5.94. The van der Waals surface area contributed by atoms with E-state index in [-0.39, 0.29) is 24.7 Å². The van der Waals surface area contributed by atoms with E-state index in [1.165, 1.54) is 0 Å². The first-order chi connectivity index (χ1) is 10.6. The third-order valence-corrected chi connectivity index (χ3v) is 2.83. The summed E-state index contributed by atoms with van der Waals surface area (Å²) in [4.78, 5) is 39.0. The van der Waals surface area contributed by atoms with Gasteiger partial charge in [-0.25, -0.2) is 0 Å². The Kier molecular flexibility index (Phi) is 8.90. The summed E-state index contributed by atoms with van der Waals surface area (Å²) in [5.41, 5.74) is 0. The van der Waals surface area contributed by atoms with Crippen molar-refractivity contribution >= 4 is 23.7 Å². The Morgan fingerprint density at radius 1 is 0.609 bits per heavy atom. The van der Waals surface area contributed by atoms with E-state index in [4.69, 9.17) is 0 Å². The van der Waals surface area contributed by atoms with Crippen molar-refractivity contribution in [3.63, 3.8) is 0 Å². The molecule has 0 bridgehead atoms. The van der Waals surface area contributed by atoms with Gasteiger partial charge in [0.2, 0.25) is 23.7 Å². The molecule has 0 fully saturated rings. The lowest BCUT2D eigenvalue weighted by Gasteiger charge is -2.22. The Labute approximate surface area is 139 Å². The second kappa shape index (κ2) is 9.81. The lowest BCUT2D eigenvalue weighted by molar-refractivity contribution is -0.119. The number of guanidine groups is 2. The number of rotatable bonds is 4. The van der Waals surface area contributed by atoms with Crippen molar-refractivity contribution in [2.24, 2.45) is 9.98 Å². The number of hydrogen-bond donors (Lipinski definition) is 0. The maximum Gasteiger partial charge on any atom is 0.248 e. The smallest absolute Gasteiger partial charge is 0.248 e. The lowest BCUT2D eigenvalue weighted by Crippen LogP contribution is -2.36. The molecule has 8 heteroatoms. The number of hydrogen-bond acceptors (Lipinski definition) is 2. The van der Waals surface area contributed by atoms with E-state index >= 15 is 0 Å². The van der Waals surface area contributed by atoms with E-state index in [0.29, 0.717) is 18.3 Å². The predicted octanol–water partition coefficient (Wildman–Crippen LogP) is 0.168. The molecule has 0 aromatic rings. The van der Waals surface area contributed by atoms with Crippen LogP contribution in [0.3, 0.4) is 0 Å². The van der Waals surface area contributed by atoms with Gasteiger partial charge in [0.05, 0.1) is 0 Å². The highest BCUT2D eigenvalue weighted by Gasteiger charge is 2.11. The van der Waals surface area contributed by atoms with E-state index in [1.54, 1.807) is 19.6 Å². The highest BCUT2D eigenvalue weighted by atomic mass is 16.2. The van der Waals surface area contributed by atoms with Crippen LogP contribution < -0.4 is 0 Å². The summed E-state index contributed by atoms with van der Waals surface area (Å²) in [7, 11) is 14.6. The maximum atomic E-state index is 11.9. The monoisotopic (exact) mass is 326 g/mol. The van der Waals surface area contributed by atoms with Crippen LogP contribution >= 0.6 is 0 Å². The molecular formula is C15H30N6O2. The largest absolute Gasteiger partial charge is 0.349 e. The topological polar surface area (TPSA) is 71.8 Å². The van der Waals surface area contributed by atoms with Crippen molar-refractivity contribution in [1.82, 2.24) is 19.6 Å².